The average Bonchev–Trinajstić information content (AvgIpc) is 3.56. The fraction of sp³-hybridized carbons (Fsp3) is 0.0833. The highest BCUT2D eigenvalue weighted by Crippen LogP contribution is 2.41. The molecule has 0 bridgehead atoms. The molecule has 0 amide bonds. The Hall–Kier alpha value is -5.86. The van der Waals surface area contributed by atoms with Crippen LogP contribution in [-0.4, -0.2) is 70.4 Å². The lowest BCUT2D eigenvalue weighted by Crippen LogP contribution is -2.06. The molecule has 0 fully saturated rings. The van der Waals surface area contributed by atoms with Gasteiger partial charge in [-0.25, -0.2) is 0 Å². The Bertz CT molecular complexity index is 1560. The Balaban J connectivity index is 1.61. The van der Waals surface area contributed by atoms with Gasteiger partial charge in [-0.2, -0.15) is 10.2 Å². The van der Waals surface area contributed by atoms with E-state index >= 15 is 0 Å². The SMILES string of the molecule is COc1ccc(C(c2cc(/C=N/n3nnnc3N)ccc2O)c2cc(/C=N/n3nnnc3N)ccc2O)cc1. The maximum Gasteiger partial charge on any atom is 0.263 e. The van der Waals surface area contributed by atoms with Crippen molar-refractivity contribution in [2.75, 3.05) is 18.6 Å². The van der Waals surface area contributed by atoms with Crippen LogP contribution in [0.1, 0.15) is 33.7 Å². The van der Waals surface area contributed by atoms with Gasteiger partial charge in [0.05, 0.1) is 19.5 Å². The van der Waals surface area contributed by atoms with Crippen molar-refractivity contribution in [3.63, 3.8) is 0 Å². The second-order valence-electron chi connectivity index (χ2n) is 8.18. The van der Waals surface area contributed by atoms with E-state index < -0.39 is 5.92 Å². The first-order valence-electron chi connectivity index (χ1n) is 11.4. The highest BCUT2D eigenvalue weighted by Gasteiger charge is 2.24. The number of methoxy groups -OCH3 is 1. The number of phenolic OH excluding ortho intramolecular Hbond substituents is 2. The smallest absolute Gasteiger partial charge is 0.263 e. The summed E-state index contributed by atoms with van der Waals surface area (Å²) >= 11 is 0. The maximum atomic E-state index is 11.0. The van der Waals surface area contributed by atoms with E-state index in [1.165, 1.54) is 12.4 Å². The van der Waals surface area contributed by atoms with Gasteiger partial charge >= 0.3 is 0 Å². The van der Waals surface area contributed by atoms with Crippen LogP contribution in [0.5, 0.6) is 17.2 Å². The number of hydrogen-bond acceptors (Lipinski definition) is 13. The largest absolute Gasteiger partial charge is 0.508 e. The number of aromatic hydroxyl groups is 2. The zero-order valence-electron chi connectivity index (χ0n) is 20.4. The van der Waals surface area contributed by atoms with Crippen molar-refractivity contribution in [3.05, 3.63) is 88.5 Å². The summed E-state index contributed by atoms with van der Waals surface area (Å²) in [5, 5.41) is 51.7. The molecule has 15 heteroatoms. The number of tetrazole rings is 2. The Morgan fingerprint density at radius 2 is 1.26 bits per heavy atom. The van der Waals surface area contributed by atoms with Gasteiger partial charge < -0.3 is 26.4 Å². The third-order valence-electron chi connectivity index (χ3n) is 5.76. The minimum Gasteiger partial charge on any atom is -0.508 e. The molecule has 2 heterocycles. The van der Waals surface area contributed by atoms with Crippen molar-refractivity contribution in [2.24, 2.45) is 10.2 Å². The molecule has 2 aromatic heterocycles. The molecular weight excluding hydrogens is 504 g/mol. The average molecular weight is 527 g/mol. The van der Waals surface area contributed by atoms with E-state index in [1.54, 1.807) is 55.6 Å². The standard InChI is InChI=1S/C24H22N12O3/c1-39-17-6-4-16(5-7-17)22(18-10-14(2-8-20(18)37)12-27-35-23(25)29-31-33-35)19-11-15(3-9-21(19)38)13-28-36-24(26)30-32-34-36/h2-13,22,37-38H,1H3,(H2,25,29,33)(H2,26,30,34)/b27-12+,28-13+. The van der Waals surface area contributed by atoms with E-state index in [9.17, 15) is 10.2 Å². The molecule has 0 saturated heterocycles. The number of ether oxygens (including phenoxy) is 1. The summed E-state index contributed by atoms with van der Waals surface area (Å²) < 4.78 is 5.31. The van der Waals surface area contributed by atoms with Crippen molar-refractivity contribution >= 4 is 24.3 Å². The predicted octanol–water partition coefficient (Wildman–Crippen LogP) is 1.19. The highest BCUT2D eigenvalue weighted by molar-refractivity contribution is 5.82. The van der Waals surface area contributed by atoms with Crippen LogP contribution in [0, 0.1) is 0 Å². The van der Waals surface area contributed by atoms with Crippen LogP contribution in [0.15, 0.2) is 70.9 Å². The fourth-order valence-electron chi connectivity index (χ4n) is 3.88. The van der Waals surface area contributed by atoms with E-state index in [1.807, 2.05) is 12.1 Å². The predicted molar refractivity (Wildman–Crippen MR) is 141 cm³/mol. The Labute approximate surface area is 220 Å². The molecule has 0 saturated carbocycles. The maximum absolute atomic E-state index is 11.0. The molecule has 0 atom stereocenters. The first kappa shape index (κ1) is 24.8. The molecule has 3 aromatic carbocycles. The van der Waals surface area contributed by atoms with Crippen molar-refractivity contribution in [1.82, 2.24) is 40.6 Å². The Morgan fingerprint density at radius 3 is 1.67 bits per heavy atom. The molecule has 5 rings (SSSR count). The first-order chi connectivity index (χ1) is 18.9. The number of benzene rings is 3. The molecule has 0 unspecified atom stereocenters. The van der Waals surface area contributed by atoms with Crippen LogP contribution in [0.2, 0.25) is 0 Å². The van der Waals surface area contributed by atoms with Crippen molar-refractivity contribution in [1.29, 1.82) is 0 Å². The molecule has 5 aromatic rings. The summed E-state index contributed by atoms with van der Waals surface area (Å²) in [4.78, 5) is 2.14. The van der Waals surface area contributed by atoms with E-state index in [0.29, 0.717) is 28.0 Å². The van der Waals surface area contributed by atoms with E-state index in [2.05, 4.69) is 41.3 Å². The quantitative estimate of drug-likeness (QED) is 0.166. The van der Waals surface area contributed by atoms with Gasteiger partial charge in [0.1, 0.15) is 17.2 Å². The summed E-state index contributed by atoms with van der Waals surface area (Å²) in [7, 11) is 1.57. The number of hydrogen-bond donors (Lipinski definition) is 4. The van der Waals surface area contributed by atoms with Gasteiger partial charge in [0.15, 0.2) is 0 Å². The van der Waals surface area contributed by atoms with Crippen molar-refractivity contribution in [2.45, 2.75) is 5.92 Å². The zero-order chi connectivity index (χ0) is 27.4. The second kappa shape index (κ2) is 10.6. The summed E-state index contributed by atoms with van der Waals surface area (Å²) in [6.45, 7) is 0. The van der Waals surface area contributed by atoms with Gasteiger partial charge in [-0.05, 0) is 86.1 Å². The third kappa shape index (κ3) is 5.31. The zero-order valence-corrected chi connectivity index (χ0v) is 20.4. The Kier molecular flexibility index (Phi) is 6.77. The summed E-state index contributed by atoms with van der Waals surface area (Å²) in [6, 6.07) is 17.2. The fourth-order valence-corrected chi connectivity index (χ4v) is 3.88. The van der Waals surface area contributed by atoms with E-state index in [4.69, 9.17) is 16.2 Å². The lowest BCUT2D eigenvalue weighted by Gasteiger charge is -2.22. The monoisotopic (exact) mass is 526 g/mol. The van der Waals surface area contributed by atoms with E-state index in [-0.39, 0.29) is 23.4 Å². The van der Waals surface area contributed by atoms with Gasteiger partial charge in [0.2, 0.25) is 0 Å². The first-order valence-corrected chi connectivity index (χ1v) is 11.4. The number of rotatable bonds is 8. The number of phenols is 2. The molecule has 0 aliphatic carbocycles. The number of anilines is 2. The van der Waals surface area contributed by atoms with Crippen LogP contribution in [0.25, 0.3) is 0 Å². The van der Waals surface area contributed by atoms with Crippen molar-refractivity contribution < 1.29 is 14.9 Å². The van der Waals surface area contributed by atoms with Crippen molar-refractivity contribution in [3.8, 4) is 17.2 Å². The molecule has 0 radical (unpaired) electrons. The molecule has 39 heavy (non-hydrogen) atoms. The number of nitrogen functional groups attached to an aromatic ring is 2. The Morgan fingerprint density at radius 1 is 0.769 bits per heavy atom. The molecule has 15 nitrogen and oxygen atoms in total. The molecule has 6 N–H and O–H groups in total. The molecule has 0 aliphatic heterocycles. The molecule has 196 valence electrons. The van der Waals surface area contributed by atoms with Crippen LogP contribution >= 0.6 is 0 Å². The number of nitrogens with zero attached hydrogens (tertiary/aromatic N) is 10. The summed E-state index contributed by atoms with van der Waals surface area (Å²) in [5.41, 5.74) is 14.4. The normalized spacial score (nSPS) is 11.6. The summed E-state index contributed by atoms with van der Waals surface area (Å²) in [5.74, 6) is 0.116. The van der Waals surface area contributed by atoms with Crippen LogP contribution in [0.4, 0.5) is 11.9 Å². The third-order valence-corrected chi connectivity index (χ3v) is 5.76. The van der Waals surface area contributed by atoms with Gasteiger partial charge in [0.25, 0.3) is 11.9 Å². The van der Waals surface area contributed by atoms with Crippen LogP contribution in [-0.2, 0) is 0 Å². The lowest BCUT2D eigenvalue weighted by atomic mass is 9.83. The topological polar surface area (TPSA) is 214 Å². The lowest BCUT2D eigenvalue weighted by molar-refractivity contribution is 0.414. The highest BCUT2D eigenvalue weighted by atomic mass is 16.5. The minimum absolute atomic E-state index is 0.00911. The molecular formula is C24H22N12O3. The molecule has 0 spiro atoms. The van der Waals surface area contributed by atoms with E-state index in [0.717, 1.165) is 15.1 Å². The van der Waals surface area contributed by atoms with Gasteiger partial charge in [-0.1, -0.05) is 31.9 Å². The summed E-state index contributed by atoms with van der Waals surface area (Å²) in [6.07, 6.45) is 3.00. The van der Waals surface area contributed by atoms with Gasteiger partial charge in [-0.3, -0.25) is 0 Å². The van der Waals surface area contributed by atoms with Gasteiger partial charge in [0, 0.05) is 17.0 Å². The molecule has 0 aliphatic rings. The van der Waals surface area contributed by atoms with Gasteiger partial charge in [-0.15, -0.1) is 0 Å². The van der Waals surface area contributed by atoms with Crippen LogP contribution < -0.4 is 16.2 Å². The van der Waals surface area contributed by atoms with Crippen LogP contribution in [0.3, 0.4) is 0 Å². The number of nitrogens with two attached hydrogens (primary N) is 2. The minimum atomic E-state index is -0.603. The second-order valence-corrected chi connectivity index (χ2v) is 8.18. The number of aromatic nitrogens is 8.